The predicted molar refractivity (Wildman–Crippen MR) is 59.5 cm³/mol. The van der Waals surface area contributed by atoms with Gasteiger partial charge in [0, 0.05) is 10.7 Å². The lowest BCUT2D eigenvalue weighted by Crippen LogP contribution is -1.95. The van der Waals surface area contributed by atoms with Crippen LogP contribution in [0, 0.1) is 13.8 Å². The van der Waals surface area contributed by atoms with Crippen LogP contribution in [0.3, 0.4) is 0 Å². The van der Waals surface area contributed by atoms with Crippen molar-refractivity contribution in [2.45, 2.75) is 13.8 Å². The molecule has 0 fully saturated rings. The van der Waals surface area contributed by atoms with Gasteiger partial charge in [-0.25, -0.2) is 15.0 Å². The van der Waals surface area contributed by atoms with Gasteiger partial charge in [-0.15, -0.1) is 0 Å². The van der Waals surface area contributed by atoms with Crippen LogP contribution in [0.2, 0.25) is 5.15 Å². The maximum absolute atomic E-state index is 6.03. The van der Waals surface area contributed by atoms with Crippen LogP contribution in [0.5, 0.6) is 0 Å². The molecular formula is C9H7BrClN3. The molecule has 0 spiro atoms. The predicted octanol–water partition coefficient (Wildman–Crippen LogP) is 3.06. The lowest BCUT2D eigenvalue weighted by molar-refractivity contribution is 1.07. The number of halogens is 2. The highest BCUT2D eigenvalue weighted by molar-refractivity contribution is 9.10. The second-order valence-electron chi connectivity index (χ2n) is 2.99. The van der Waals surface area contributed by atoms with E-state index >= 15 is 0 Å². The number of pyridine rings is 1. The van der Waals surface area contributed by atoms with E-state index < -0.39 is 0 Å². The third kappa shape index (κ3) is 1.48. The first kappa shape index (κ1) is 9.80. The minimum Gasteiger partial charge on any atom is -0.235 e. The topological polar surface area (TPSA) is 38.7 Å². The summed E-state index contributed by atoms with van der Waals surface area (Å²) in [6.07, 6.45) is 1.72. The Morgan fingerprint density at radius 2 is 2.00 bits per heavy atom. The number of rotatable bonds is 0. The molecule has 0 radical (unpaired) electrons. The van der Waals surface area contributed by atoms with Crippen molar-refractivity contribution in [1.82, 2.24) is 15.0 Å². The molecule has 3 nitrogen and oxygen atoms in total. The van der Waals surface area contributed by atoms with Gasteiger partial charge in [0.25, 0.3) is 0 Å². The van der Waals surface area contributed by atoms with E-state index in [4.69, 9.17) is 11.6 Å². The summed E-state index contributed by atoms with van der Waals surface area (Å²) in [5, 5.41) is 1.27. The molecule has 0 aromatic carbocycles. The van der Waals surface area contributed by atoms with Crippen LogP contribution in [-0.2, 0) is 0 Å². The van der Waals surface area contributed by atoms with Gasteiger partial charge in [-0.2, -0.15) is 0 Å². The van der Waals surface area contributed by atoms with Crippen molar-refractivity contribution < 1.29 is 0 Å². The smallest absolute Gasteiger partial charge is 0.164 e. The fourth-order valence-corrected chi connectivity index (χ4v) is 1.92. The van der Waals surface area contributed by atoms with Crippen LogP contribution in [0.25, 0.3) is 11.0 Å². The third-order valence-electron chi connectivity index (χ3n) is 1.99. The molecule has 0 saturated carbocycles. The van der Waals surface area contributed by atoms with Crippen molar-refractivity contribution in [3.63, 3.8) is 0 Å². The number of nitrogens with zero attached hydrogens (tertiary/aromatic N) is 3. The third-order valence-corrected chi connectivity index (χ3v) is 3.06. The van der Waals surface area contributed by atoms with Gasteiger partial charge in [-0.1, -0.05) is 11.6 Å². The molecule has 0 bridgehead atoms. The van der Waals surface area contributed by atoms with Crippen molar-refractivity contribution in [2.75, 3.05) is 0 Å². The van der Waals surface area contributed by atoms with Crippen LogP contribution >= 0.6 is 27.5 Å². The van der Waals surface area contributed by atoms with E-state index in [0.717, 1.165) is 15.4 Å². The summed E-state index contributed by atoms with van der Waals surface area (Å²) < 4.78 is 0.916. The van der Waals surface area contributed by atoms with E-state index in [1.807, 2.05) is 6.92 Å². The van der Waals surface area contributed by atoms with Gasteiger partial charge in [0.05, 0.1) is 5.39 Å². The summed E-state index contributed by atoms with van der Waals surface area (Å²) in [6, 6.07) is 0. The Labute approximate surface area is 94.7 Å². The van der Waals surface area contributed by atoms with Crippen molar-refractivity contribution in [2.24, 2.45) is 0 Å². The highest BCUT2D eigenvalue weighted by Gasteiger charge is 2.09. The molecule has 0 aliphatic carbocycles. The number of aryl methyl sites for hydroxylation is 2. The number of fused-ring (bicyclic) bond motifs is 1. The van der Waals surface area contributed by atoms with Crippen LogP contribution in [0.1, 0.15) is 11.4 Å². The van der Waals surface area contributed by atoms with Gasteiger partial charge in [-0.05, 0) is 35.3 Å². The van der Waals surface area contributed by atoms with Gasteiger partial charge in [0.1, 0.15) is 11.0 Å². The van der Waals surface area contributed by atoms with Gasteiger partial charge in [0.2, 0.25) is 0 Å². The summed E-state index contributed by atoms with van der Waals surface area (Å²) >= 11 is 9.42. The molecule has 14 heavy (non-hydrogen) atoms. The van der Waals surface area contributed by atoms with E-state index in [2.05, 4.69) is 30.9 Å². The van der Waals surface area contributed by atoms with Crippen molar-refractivity contribution >= 4 is 38.6 Å². The Kier molecular flexibility index (Phi) is 2.41. The summed E-state index contributed by atoms with van der Waals surface area (Å²) in [5.74, 6) is 0.636. The lowest BCUT2D eigenvalue weighted by atomic mass is 10.2. The molecule has 0 aliphatic heterocycles. The van der Waals surface area contributed by atoms with Crippen LogP contribution in [0.4, 0.5) is 0 Å². The Bertz CT molecular complexity index is 513. The minimum absolute atomic E-state index is 0.457. The first-order chi connectivity index (χ1) is 6.59. The quantitative estimate of drug-likeness (QED) is 0.692. The lowest BCUT2D eigenvalue weighted by Gasteiger charge is -2.04. The molecule has 2 aromatic rings. The van der Waals surface area contributed by atoms with Crippen LogP contribution in [0.15, 0.2) is 10.7 Å². The first-order valence-electron chi connectivity index (χ1n) is 4.04. The Balaban J connectivity index is 2.95. The highest BCUT2D eigenvalue weighted by Crippen LogP contribution is 2.27. The monoisotopic (exact) mass is 271 g/mol. The van der Waals surface area contributed by atoms with Crippen molar-refractivity contribution in [3.8, 4) is 0 Å². The molecular weight excluding hydrogens is 265 g/mol. The number of hydrogen-bond acceptors (Lipinski definition) is 3. The Hall–Kier alpha value is -0.740. The summed E-state index contributed by atoms with van der Waals surface area (Å²) in [5.41, 5.74) is 1.66. The molecule has 0 amide bonds. The van der Waals surface area contributed by atoms with Gasteiger partial charge >= 0.3 is 0 Å². The van der Waals surface area contributed by atoms with Crippen molar-refractivity contribution in [3.05, 3.63) is 27.2 Å². The minimum atomic E-state index is 0.457. The fraction of sp³-hybridized carbons (Fsp3) is 0.222. The summed E-state index contributed by atoms with van der Waals surface area (Å²) in [4.78, 5) is 12.5. The van der Waals surface area contributed by atoms with Gasteiger partial charge < -0.3 is 0 Å². The summed E-state index contributed by atoms with van der Waals surface area (Å²) in [7, 11) is 0. The SMILES string of the molecule is Cc1nc(Cl)c2c(C)c(Br)cnc2n1. The molecule has 0 atom stereocenters. The molecule has 2 aromatic heterocycles. The molecule has 72 valence electrons. The zero-order chi connectivity index (χ0) is 10.3. The average Bonchev–Trinajstić information content (AvgIpc) is 2.10. The molecule has 0 aliphatic rings. The largest absolute Gasteiger partial charge is 0.235 e. The van der Waals surface area contributed by atoms with E-state index in [0.29, 0.717) is 16.6 Å². The van der Waals surface area contributed by atoms with E-state index in [1.165, 1.54) is 0 Å². The molecule has 2 heterocycles. The first-order valence-corrected chi connectivity index (χ1v) is 5.21. The molecule has 0 unspecified atom stereocenters. The second kappa shape index (κ2) is 3.44. The fourth-order valence-electron chi connectivity index (χ4n) is 1.27. The molecule has 5 heteroatoms. The van der Waals surface area contributed by atoms with Crippen molar-refractivity contribution in [1.29, 1.82) is 0 Å². The standard InChI is InChI=1S/C9H7BrClN3/c1-4-6(10)3-12-9-7(4)8(11)13-5(2)14-9/h3H,1-2H3. The highest BCUT2D eigenvalue weighted by atomic mass is 79.9. The Morgan fingerprint density at radius 1 is 1.29 bits per heavy atom. The number of hydrogen-bond donors (Lipinski definition) is 0. The number of aromatic nitrogens is 3. The van der Waals surface area contributed by atoms with Crippen LogP contribution in [-0.4, -0.2) is 15.0 Å². The summed E-state index contributed by atoms with van der Waals surface area (Å²) in [6.45, 7) is 3.75. The zero-order valence-corrected chi connectivity index (χ0v) is 10.0. The normalized spacial score (nSPS) is 10.9. The van der Waals surface area contributed by atoms with Crippen LogP contribution < -0.4 is 0 Å². The second-order valence-corrected chi connectivity index (χ2v) is 4.20. The Morgan fingerprint density at radius 3 is 2.71 bits per heavy atom. The molecule has 2 rings (SSSR count). The van der Waals surface area contributed by atoms with E-state index in [-0.39, 0.29) is 0 Å². The van der Waals surface area contributed by atoms with Gasteiger partial charge in [0.15, 0.2) is 5.65 Å². The molecule has 0 N–H and O–H groups in total. The zero-order valence-electron chi connectivity index (χ0n) is 7.67. The molecule has 0 saturated heterocycles. The van der Waals surface area contributed by atoms with E-state index in [9.17, 15) is 0 Å². The average molecular weight is 273 g/mol. The maximum atomic E-state index is 6.03. The van der Waals surface area contributed by atoms with E-state index in [1.54, 1.807) is 13.1 Å². The maximum Gasteiger partial charge on any atom is 0.164 e. The van der Waals surface area contributed by atoms with Gasteiger partial charge in [-0.3, -0.25) is 0 Å².